The zero-order chi connectivity index (χ0) is 14.5. The van der Waals surface area contributed by atoms with Gasteiger partial charge in [-0.2, -0.15) is 0 Å². The molecule has 0 aliphatic heterocycles. The zero-order valence-corrected chi connectivity index (χ0v) is 12.4. The lowest BCUT2D eigenvalue weighted by atomic mass is 9.91. The first-order valence-corrected chi connectivity index (χ1v) is 6.12. The van der Waals surface area contributed by atoms with Crippen LogP contribution >= 0.6 is 0 Å². The van der Waals surface area contributed by atoms with Crippen molar-refractivity contribution in [3.8, 4) is 0 Å². The maximum atomic E-state index is 12.0. The number of carbonyl (C=O) groups is 2. The smallest absolute Gasteiger partial charge is 0.307 e. The third-order valence-corrected chi connectivity index (χ3v) is 2.51. The summed E-state index contributed by atoms with van der Waals surface area (Å²) in [6, 6.07) is 0. The van der Waals surface area contributed by atoms with Gasteiger partial charge in [-0.25, -0.2) is 5.06 Å². The average Bonchev–Trinajstić information content (AvgIpc) is 2.20. The van der Waals surface area contributed by atoms with Crippen molar-refractivity contribution in [2.75, 3.05) is 14.2 Å². The van der Waals surface area contributed by atoms with Crippen molar-refractivity contribution < 1.29 is 19.2 Å². The molecule has 0 aliphatic rings. The molecule has 1 atom stereocenters. The molecule has 0 aliphatic carbocycles. The van der Waals surface area contributed by atoms with E-state index in [-0.39, 0.29) is 24.2 Å². The van der Waals surface area contributed by atoms with E-state index >= 15 is 0 Å². The van der Waals surface area contributed by atoms with Crippen molar-refractivity contribution in [2.45, 2.75) is 46.6 Å². The first kappa shape index (κ1) is 16.9. The van der Waals surface area contributed by atoms with E-state index in [0.717, 1.165) is 5.06 Å². The summed E-state index contributed by atoms with van der Waals surface area (Å²) in [6.45, 7) is 9.21. The molecule has 18 heavy (non-hydrogen) atoms. The van der Waals surface area contributed by atoms with Crippen LogP contribution in [-0.4, -0.2) is 36.7 Å². The molecule has 0 aromatic heterocycles. The van der Waals surface area contributed by atoms with E-state index in [2.05, 4.69) is 0 Å². The fourth-order valence-corrected chi connectivity index (χ4v) is 1.49. The zero-order valence-electron chi connectivity index (χ0n) is 12.4. The molecule has 5 heteroatoms. The maximum absolute atomic E-state index is 12.0. The number of ether oxygens (including phenoxy) is 1. The van der Waals surface area contributed by atoms with Gasteiger partial charge in [-0.1, -0.05) is 13.8 Å². The van der Waals surface area contributed by atoms with Gasteiger partial charge in [-0.15, -0.1) is 0 Å². The van der Waals surface area contributed by atoms with Crippen molar-refractivity contribution in [1.29, 1.82) is 0 Å². The third kappa shape index (κ3) is 6.00. The van der Waals surface area contributed by atoms with Gasteiger partial charge in [0.25, 0.3) is 0 Å². The molecular weight excluding hydrogens is 234 g/mol. The Kier molecular flexibility index (Phi) is 6.32. The summed E-state index contributed by atoms with van der Waals surface area (Å²) < 4.78 is 5.23. The van der Waals surface area contributed by atoms with Gasteiger partial charge in [0.1, 0.15) is 5.60 Å². The number of nitrogens with zero attached hydrogens (tertiary/aromatic N) is 1. The number of amides is 1. The molecule has 0 spiro atoms. The minimum absolute atomic E-state index is 0.0441. The molecule has 1 amide bonds. The summed E-state index contributed by atoms with van der Waals surface area (Å²) in [5, 5.41) is 1.15. The normalized spacial score (nSPS) is 13.3. The highest BCUT2D eigenvalue weighted by Gasteiger charge is 2.30. The van der Waals surface area contributed by atoms with Gasteiger partial charge in [0.15, 0.2) is 0 Å². The summed E-state index contributed by atoms with van der Waals surface area (Å²) in [5.74, 6) is -0.954. The summed E-state index contributed by atoms with van der Waals surface area (Å²) in [5.41, 5.74) is -0.533. The second-order valence-corrected chi connectivity index (χ2v) is 5.66. The Bertz CT molecular complexity index is 294. The Hall–Kier alpha value is -1.10. The van der Waals surface area contributed by atoms with E-state index in [4.69, 9.17) is 9.57 Å². The summed E-state index contributed by atoms with van der Waals surface area (Å²) in [4.78, 5) is 28.6. The number of hydroxylamine groups is 2. The van der Waals surface area contributed by atoms with Crippen LogP contribution in [0.15, 0.2) is 0 Å². The van der Waals surface area contributed by atoms with E-state index in [1.165, 1.54) is 14.2 Å². The molecule has 0 N–H and O–H groups in total. The minimum atomic E-state index is -0.533. The third-order valence-electron chi connectivity index (χ3n) is 2.51. The van der Waals surface area contributed by atoms with Gasteiger partial charge < -0.3 is 4.74 Å². The molecule has 0 fully saturated rings. The largest absolute Gasteiger partial charge is 0.460 e. The van der Waals surface area contributed by atoms with E-state index in [9.17, 15) is 9.59 Å². The first-order valence-electron chi connectivity index (χ1n) is 6.12. The Balaban J connectivity index is 4.65. The standard InChI is InChI=1S/C13H25NO4/c1-9(2)10(12(16)14(6)17-7)8-11(15)18-13(3,4)5/h9-10H,8H2,1-7H3. The summed E-state index contributed by atoms with van der Waals surface area (Å²) in [6.07, 6.45) is 0.0709. The number of carbonyl (C=O) groups excluding carboxylic acids is 2. The number of esters is 1. The Morgan fingerprint density at radius 3 is 2.06 bits per heavy atom. The highest BCUT2D eigenvalue weighted by Crippen LogP contribution is 2.20. The predicted octanol–water partition coefficient (Wildman–Crippen LogP) is 2.01. The molecular formula is C13H25NO4. The van der Waals surface area contributed by atoms with Gasteiger partial charge in [-0.05, 0) is 26.7 Å². The average molecular weight is 259 g/mol. The molecule has 1 unspecified atom stereocenters. The van der Waals surface area contributed by atoms with Crippen LogP contribution in [0.2, 0.25) is 0 Å². The van der Waals surface area contributed by atoms with Gasteiger partial charge in [-0.3, -0.25) is 14.4 Å². The molecule has 0 rings (SSSR count). The van der Waals surface area contributed by atoms with Crippen molar-refractivity contribution in [2.24, 2.45) is 11.8 Å². The van der Waals surface area contributed by atoms with Crippen LogP contribution in [0.4, 0.5) is 0 Å². The van der Waals surface area contributed by atoms with Crippen LogP contribution in [0.3, 0.4) is 0 Å². The molecule has 106 valence electrons. The number of hydrogen-bond acceptors (Lipinski definition) is 4. The van der Waals surface area contributed by atoms with Crippen LogP contribution in [0.25, 0.3) is 0 Å². The first-order chi connectivity index (χ1) is 8.08. The van der Waals surface area contributed by atoms with E-state index in [1.807, 2.05) is 13.8 Å². The van der Waals surface area contributed by atoms with Crippen LogP contribution < -0.4 is 0 Å². The highest BCUT2D eigenvalue weighted by atomic mass is 16.7. The van der Waals surface area contributed by atoms with Gasteiger partial charge in [0, 0.05) is 7.05 Å². The fourth-order valence-electron chi connectivity index (χ4n) is 1.49. The lowest BCUT2D eigenvalue weighted by molar-refractivity contribution is -0.178. The van der Waals surface area contributed by atoms with Crippen LogP contribution in [0.1, 0.15) is 41.0 Å². The lowest BCUT2D eigenvalue weighted by Gasteiger charge is -2.26. The lowest BCUT2D eigenvalue weighted by Crippen LogP contribution is -2.37. The van der Waals surface area contributed by atoms with Crippen molar-refractivity contribution >= 4 is 11.9 Å². The summed E-state index contributed by atoms with van der Waals surface area (Å²) in [7, 11) is 2.95. The van der Waals surface area contributed by atoms with E-state index < -0.39 is 11.5 Å². The molecule has 0 saturated heterocycles. The van der Waals surface area contributed by atoms with Gasteiger partial charge in [0.2, 0.25) is 5.91 Å². The molecule has 0 radical (unpaired) electrons. The second-order valence-electron chi connectivity index (χ2n) is 5.66. The highest BCUT2D eigenvalue weighted by molar-refractivity contribution is 5.83. The monoisotopic (exact) mass is 259 g/mol. The molecule has 0 aromatic rings. The quantitative estimate of drug-likeness (QED) is 0.560. The molecule has 0 bridgehead atoms. The second kappa shape index (κ2) is 6.73. The van der Waals surface area contributed by atoms with Crippen LogP contribution in [0.5, 0.6) is 0 Å². The molecule has 0 saturated carbocycles. The van der Waals surface area contributed by atoms with Gasteiger partial charge in [0.05, 0.1) is 19.4 Å². The van der Waals surface area contributed by atoms with Crippen LogP contribution in [0, 0.1) is 11.8 Å². The van der Waals surface area contributed by atoms with Crippen LogP contribution in [-0.2, 0) is 19.2 Å². The fraction of sp³-hybridized carbons (Fsp3) is 0.846. The van der Waals surface area contributed by atoms with Gasteiger partial charge >= 0.3 is 5.97 Å². The minimum Gasteiger partial charge on any atom is -0.460 e. The van der Waals surface area contributed by atoms with Crippen molar-refractivity contribution in [1.82, 2.24) is 5.06 Å². The Morgan fingerprint density at radius 1 is 1.22 bits per heavy atom. The Labute approximate surface area is 109 Å². The molecule has 0 aromatic carbocycles. The molecule has 0 heterocycles. The number of hydrogen-bond donors (Lipinski definition) is 0. The van der Waals surface area contributed by atoms with Crippen molar-refractivity contribution in [3.63, 3.8) is 0 Å². The predicted molar refractivity (Wildman–Crippen MR) is 68.6 cm³/mol. The maximum Gasteiger partial charge on any atom is 0.307 e. The van der Waals surface area contributed by atoms with E-state index in [0.29, 0.717) is 0 Å². The SMILES string of the molecule is CON(C)C(=O)C(CC(=O)OC(C)(C)C)C(C)C. The van der Waals surface area contributed by atoms with Crippen molar-refractivity contribution in [3.05, 3.63) is 0 Å². The molecule has 5 nitrogen and oxygen atoms in total. The number of rotatable bonds is 5. The topological polar surface area (TPSA) is 55.8 Å². The van der Waals surface area contributed by atoms with E-state index in [1.54, 1.807) is 20.8 Å². The summed E-state index contributed by atoms with van der Waals surface area (Å²) >= 11 is 0. The Morgan fingerprint density at radius 2 is 1.72 bits per heavy atom.